The van der Waals surface area contributed by atoms with E-state index in [1.807, 2.05) is 0 Å². The molecule has 1 N–H and O–H groups in total. The van der Waals surface area contributed by atoms with Gasteiger partial charge in [0.25, 0.3) is 0 Å². The van der Waals surface area contributed by atoms with Crippen LogP contribution in [-0.4, -0.2) is 49.4 Å². The van der Waals surface area contributed by atoms with E-state index in [4.69, 9.17) is 11.6 Å². The minimum absolute atomic E-state index is 0.479. The molecule has 4 aromatic rings. The SMILES string of the molecule is CCCCCN1CN(CCCc2nnc3n2-c2ccccc2Cc2ccccc2-3)Cc2[nH]c(Cl)nc21. The minimum Gasteiger partial charge on any atom is -0.342 e. The van der Waals surface area contributed by atoms with Crippen LogP contribution in [-0.2, 0) is 19.4 Å². The third-order valence-corrected chi connectivity index (χ3v) is 7.47. The van der Waals surface area contributed by atoms with Crippen molar-refractivity contribution in [1.82, 2.24) is 29.6 Å². The average molecular weight is 502 g/mol. The van der Waals surface area contributed by atoms with Crippen LogP contribution in [0.4, 0.5) is 5.82 Å². The van der Waals surface area contributed by atoms with Crippen molar-refractivity contribution in [2.45, 2.75) is 52.0 Å². The second-order valence-corrected chi connectivity index (χ2v) is 10.2. The molecular weight excluding hydrogens is 470 g/mol. The standard InChI is InChI=1S/C28H32ClN7/c1-2-3-8-16-35-19-34(18-23-27(35)31-28(29)30-23)15-9-14-25-32-33-26-22-12-6-4-10-20(22)17-21-11-5-7-13-24(21)36(25)26/h4-7,10-13H,2-3,8-9,14-19H2,1H3,(H,30,31). The van der Waals surface area contributed by atoms with E-state index in [1.54, 1.807) is 0 Å². The molecule has 7 nitrogen and oxygen atoms in total. The van der Waals surface area contributed by atoms with Gasteiger partial charge in [0, 0.05) is 38.0 Å². The Kier molecular flexibility index (Phi) is 6.50. The second-order valence-electron chi connectivity index (χ2n) is 9.84. The summed E-state index contributed by atoms with van der Waals surface area (Å²) in [6.07, 6.45) is 6.38. The maximum absolute atomic E-state index is 6.23. The van der Waals surface area contributed by atoms with Crippen molar-refractivity contribution in [3.8, 4) is 17.1 Å². The highest BCUT2D eigenvalue weighted by molar-refractivity contribution is 6.28. The first kappa shape index (κ1) is 23.3. The fourth-order valence-corrected chi connectivity index (χ4v) is 5.74. The number of nitrogens with zero attached hydrogens (tertiary/aromatic N) is 6. The lowest BCUT2D eigenvalue weighted by atomic mass is 10.0. The van der Waals surface area contributed by atoms with Crippen LogP contribution in [0.1, 0.15) is 55.3 Å². The molecular formula is C28H32ClN7. The number of anilines is 1. The highest BCUT2D eigenvalue weighted by Gasteiger charge is 2.27. The molecule has 0 spiro atoms. The molecule has 0 bridgehead atoms. The number of fused-ring (bicyclic) bond motifs is 6. The Morgan fingerprint density at radius 3 is 2.67 bits per heavy atom. The highest BCUT2D eigenvalue weighted by atomic mass is 35.5. The number of H-pyrrole nitrogens is 1. The highest BCUT2D eigenvalue weighted by Crippen LogP contribution is 2.34. The van der Waals surface area contributed by atoms with Crippen LogP contribution in [0, 0.1) is 0 Å². The summed E-state index contributed by atoms with van der Waals surface area (Å²) in [7, 11) is 0. The van der Waals surface area contributed by atoms with Crippen LogP contribution >= 0.6 is 11.6 Å². The molecule has 2 aromatic carbocycles. The summed E-state index contributed by atoms with van der Waals surface area (Å²) in [5.74, 6) is 2.99. The summed E-state index contributed by atoms with van der Waals surface area (Å²) in [6.45, 7) is 5.94. The lowest BCUT2D eigenvalue weighted by Gasteiger charge is -2.35. The Morgan fingerprint density at radius 1 is 0.944 bits per heavy atom. The number of hydrogen-bond acceptors (Lipinski definition) is 5. The minimum atomic E-state index is 0.479. The molecule has 0 amide bonds. The summed E-state index contributed by atoms with van der Waals surface area (Å²) in [5.41, 5.74) is 6.10. The molecule has 186 valence electrons. The van der Waals surface area contributed by atoms with Gasteiger partial charge in [-0.2, -0.15) is 0 Å². The van der Waals surface area contributed by atoms with Gasteiger partial charge in [0.2, 0.25) is 5.28 Å². The Bertz CT molecular complexity index is 1360. The second kappa shape index (κ2) is 10.1. The van der Waals surface area contributed by atoms with Crippen molar-refractivity contribution < 1.29 is 0 Å². The van der Waals surface area contributed by atoms with E-state index < -0.39 is 0 Å². The molecule has 0 radical (unpaired) electrons. The number of hydrogen-bond donors (Lipinski definition) is 1. The van der Waals surface area contributed by atoms with Crippen molar-refractivity contribution in [2.24, 2.45) is 0 Å². The number of aromatic amines is 1. The molecule has 8 heteroatoms. The van der Waals surface area contributed by atoms with E-state index in [-0.39, 0.29) is 0 Å². The fourth-order valence-electron chi connectivity index (χ4n) is 5.54. The van der Waals surface area contributed by atoms with Crippen molar-refractivity contribution in [3.05, 3.63) is 76.5 Å². The number of para-hydroxylation sites is 1. The predicted molar refractivity (Wildman–Crippen MR) is 144 cm³/mol. The molecule has 0 aliphatic carbocycles. The smallest absolute Gasteiger partial charge is 0.202 e. The fraction of sp³-hybridized carbons (Fsp3) is 0.393. The van der Waals surface area contributed by atoms with Crippen molar-refractivity contribution in [2.75, 3.05) is 24.7 Å². The lowest BCUT2D eigenvalue weighted by Crippen LogP contribution is -2.43. The summed E-state index contributed by atoms with van der Waals surface area (Å²) < 4.78 is 2.28. The van der Waals surface area contributed by atoms with Crippen molar-refractivity contribution >= 4 is 17.4 Å². The quantitative estimate of drug-likeness (QED) is 0.280. The van der Waals surface area contributed by atoms with Crippen LogP contribution in [0.25, 0.3) is 17.1 Å². The molecule has 6 rings (SSSR count). The summed E-state index contributed by atoms with van der Waals surface area (Å²) in [5, 5.41) is 9.83. The number of benzene rings is 2. The molecule has 2 aromatic heterocycles. The van der Waals surface area contributed by atoms with Gasteiger partial charge in [-0.05, 0) is 41.6 Å². The third-order valence-electron chi connectivity index (χ3n) is 7.29. The van der Waals surface area contributed by atoms with Crippen LogP contribution in [0.5, 0.6) is 0 Å². The van der Waals surface area contributed by atoms with Crippen LogP contribution in [0.3, 0.4) is 0 Å². The van der Waals surface area contributed by atoms with Crippen molar-refractivity contribution in [1.29, 1.82) is 0 Å². The van der Waals surface area contributed by atoms with Gasteiger partial charge in [-0.15, -0.1) is 10.2 Å². The van der Waals surface area contributed by atoms with E-state index in [1.165, 1.54) is 41.6 Å². The van der Waals surface area contributed by atoms with E-state index in [0.29, 0.717) is 5.28 Å². The Balaban J connectivity index is 1.20. The maximum atomic E-state index is 6.23. The molecule has 0 saturated heterocycles. The van der Waals surface area contributed by atoms with Gasteiger partial charge in [-0.3, -0.25) is 9.47 Å². The number of imidazole rings is 1. The Hall–Kier alpha value is -3.16. The molecule has 2 aliphatic heterocycles. The predicted octanol–water partition coefficient (Wildman–Crippen LogP) is 5.62. The monoisotopic (exact) mass is 501 g/mol. The van der Waals surface area contributed by atoms with Crippen LogP contribution in [0.2, 0.25) is 5.28 Å². The summed E-state index contributed by atoms with van der Waals surface area (Å²) in [6, 6.07) is 17.2. The first-order valence-electron chi connectivity index (χ1n) is 13.0. The van der Waals surface area contributed by atoms with E-state index >= 15 is 0 Å². The van der Waals surface area contributed by atoms with Gasteiger partial charge in [0.1, 0.15) is 5.82 Å². The van der Waals surface area contributed by atoms with Gasteiger partial charge in [-0.1, -0.05) is 62.2 Å². The number of unbranched alkanes of at least 4 members (excludes halogenated alkanes) is 2. The van der Waals surface area contributed by atoms with Crippen molar-refractivity contribution in [3.63, 3.8) is 0 Å². The number of halogens is 1. The zero-order valence-electron chi connectivity index (χ0n) is 20.8. The van der Waals surface area contributed by atoms with E-state index in [9.17, 15) is 0 Å². The summed E-state index contributed by atoms with van der Waals surface area (Å²) >= 11 is 6.23. The topological polar surface area (TPSA) is 65.9 Å². The molecule has 0 unspecified atom stereocenters. The Labute approximate surface area is 217 Å². The average Bonchev–Trinajstić information content (AvgIpc) is 3.44. The number of rotatable bonds is 8. The normalized spacial score (nSPS) is 14.7. The largest absolute Gasteiger partial charge is 0.342 e. The third kappa shape index (κ3) is 4.42. The van der Waals surface area contributed by atoms with Gasteiger partial charge >= 0.3 is 0 Å². The van der Waals surface area contributed by atoms with Crippen LogP contribution in [0.15, 0.2) is 48.5 Å². The maximum Gasteiger partial charge on any atom is 0.202 e. The summed E-state index contributed by atoms with van der Waals surface area (Å²) in [4.78, 5) is 12.7. The van der Waals surface area contributed by atoms with Gasteiger partial charge in [-0.25, -0.2) is 4.98 Å². The van der Waals surface area contributed by atoms with Gasteiger partial charge < -0.3 is 9.88 Å². The van der Waals surface area contributed by atoms with Gasteiger partial charge in [0.05, 0.1) is 18.1 Å². The lowest BCUT2D eigenvalue weighted by molar-refractivity contribution is 0.244. The zero-order valence-corrected chi connectivity index (χ0v) is 21.5. The number of nitrogens with one attached hydrogen (secondary N) is 1. The Morgan fingerprint density at radius 2 is 1.78 bits per heavy atom. The van der Waals surface area contributed by atoms with E-state index in [0.717, 1.165) is 68.7 Å². The number of aromatic nitrogens is 5. The molecule has 0 saturated carbocycles. The molecule has 0 fully saturated rings. The van der Waals surface area contributed by atoms with Crippen LogP contribution < -0.4 is 4.90 Å². The molecule has 4 heterocycles. The zero-order chi connectivity index (χ0) is 24.5. The number of aryl methyl sites for hydroxylation is 1. The molecule has 2 aliphatic rings. The first-order valence-corrected chi connectivity index (χ1v) is 13.4. The molecule has 0 atom stereocenters. The first-order chi connectivity index (χ1) is 17.7. The molecule has 36 heavy (non-hydrogen) atoms. The van der Waals surface area contributed by atoms with Gasteiger partial charge in [0.15, 0.2) is 11.6 Å². The van der Waals surface area contributed by atoms with E-state index in [2.05, 4.69) is 90.0 Å².